The van der Waals surface area contributed by atoms with Gasteiger partial charge in [-0.3, -0.25) is 4.98 Å². The van der Waals surface area contributed by atoms with Gasteiger partial charge in [-0.05, 0) is 18.2 Å². The van der Waals surface area contributed by atoms with E-state index in [0.717, 1.165) is 0 Å². The summed E-state index contributed by atoms with van der Waals surface area (Å²) in [5.41, 5.74) is 0.451. The highest BCUT2D eigenvalue weighted by Crippen LogP contribution is 2.30. The summed E-state index contributed by atoms with van der Waals surface area (Å²) in [6.07, 6.45) is -3.20. The number of carbonyl (C=O) groups excluding carboxylic acids is 1. The van der Waals surface area contributed by atoms with Crippen molar-refractivity contribution in [3.63, 3.8) is 0 Å². The summed E-state index contributed by atoms with van der Waals surface area (Å²) >= 11 is 6.06. The van der Waals surface area contributed by atoms with E-state index in [1.54, 1.807) is 0 Å². The largest absolute Gasteiger partial charge is 0.484 e. The van der Waals surface area contributed by atoms with E-state index in [-0.39, 0.29) is 16.3 Å². The number of pyridine rings is 1. The van der Waals surface area contributed by atoms with Crippen molar-refractivity contribution in [3.05, 3.63) is 35.0 Å². The van der Waals surface area contributed by atoms with E-state index >= 15 is 0 Å². The number of esters is 1. The molecule has 21 heavy (non-hydrogen) atoms. The van der Waals surface area contributed by atoms with E-state index in [0.29, 0.717) is 10.9 Å². The lowest BCUT2D eigenvalue weighted by molar-refractivity contribution is -0.153. The maximum Gasteiger partial charge on any atom is 0.422 e. The average molecular weight is 320 g/mol. The Hall–Kier alpha value is -2.02. The van der Waals surface area contributed by atoms with Crippen LogP contribution in [0.25, 0.3) is 10.9 Å². The molecule has 0 amide bonds. The van der Waals surface area contributed by atoms with Gasteiger partial charge in [-0.2, -0.15) is 13.2 Å². The molecule has 0 unspecified atom stereocenters. The molecule has 0 aliphatic heterocycles. The number of ether oxygens (including phenoxy) is 2. The molecule has 0 aliphatic rings. The fourth-order valence-corrected chi connectivity index (χ4v) is 1.92. The second kappa shape index (κ2) is 5.77. The number of hydrogen-bond donors (Lipinski definition) is 0. The van der Waals surface area contributed by atoms with Crippen molar-refractivity contribution >= 4 is 28.5 Å². The highest BCUT2D eigenvalue weighted by atomic mass is 35.5. The molecule has 4 nitrogen and oxygen atoms in total. The summed E-state index contributed by atoms with van der Waals surface area (Å²) in [7, 11) is 1.19. The normalized spacial score (nSPS) is 11.5. The Morgan fingerprint density at radius 3 is 2.71 bits per heavy atom. The first-order chi connectivity index (χ1) is 9.81. The van der Waals surface area contributed by atoms with E-state index in [1.807, 2.05) is 0 Å². The molecule has 0 N–H and O–H groups in total. The smallest absolute Gasteiger partial charge is 0.422 e. The van der Waals surface area contributed by atoms with Gasteiger partial charge >= 0.3 is 12.1 Å². The van der Waals surface area contributed by atoms with Crippen LogP contribution in [0.2, 0.25) is 5.02 Å². The Bertz CT molecular complexity index is 688. The van der Waals surface area contributed by atoms with E-state index in [1.165, 1.54) is 31.5 Å². The molecular weight excluding hydrogens is 311 g/mol. The highest BCUT2D eigenvalue weighted by molar-refractivity contribution is 6.38. The van der Waals surface area contributed by atoms with Crippen LogP contribution in [0.5, 0.6) is 5.75 Å². The summed E-state index contributed by atoms with van der Waals surface area (Å²) < 4.78 is 45.6. The molecule has 1 aromatic heterocycles. The average Bonchev–Trinajstić information content (AvgIpc) is 2.44. The maximum atomic E-state index is 12.1. The number of nitrogens with zero attached hydrogens (tertiary/aromatic N) is 1. The molecule has 1 heterocycles. The third-order valence-electron chi connectivity index (χ3n) is 2.58. The van der Waals surface area contributed by atoms with Crippen LogP contribution < -0.4 is 4.74 Å². The Balaban J connectivity index is 2.41. The standard InChI is InChI=1S/C13H9ClF3NO3/c1-20-12(19)9-5-18-10-3-2-7(4-8(10)11(9)14)21-6-13(15,16)17/h2-5H,6H2,1H3. The van der Waals surface area contributed by atoms with E-state index in [9.17, 15) is 18.0 Å². The quantitative estimate of drug-likeness (QED) is 0.811. The first kappa shape index (κ1) is 15.4. The lowest BCUT2D eigenvalue weighted by atomic mass is 10.1. The summed E-state index contributed by atoms with van der Waals surface area (Å²) in [6, 6.07) is 4.09. The number of rotatable bonds is 3. The third kappa shape index (κ3) is 3.55. The van der Waals surface area contributed by atoms with Gasteiger partial charge in [-0.25, -0.2) is 4.79 Å². The van der Waals surface area contributed by atoms with Gasteiger partial charge in [0, 0.05) is 11.6 Å². The molecular formula is C13H9ClF3NO3. The SMILES string of the molecule is COC(=O)c1cnc2ccc(OCC(F)(F)F)cc2c1Cl. The number of halogens is 4. The van der Waals surface area contributed by atoms with Gasteiger partial charge in [0.2, 0.25) is 0 Å². The van der Waals surface area contributed by atoms with Crippen molar-refractivity contribution in [1.29, 1.82) is 0 Å². The zero-order valence-corrected chi connectivity index (χ0v) is 11.5. The van der Waals surface area contributed by atoms with Crippen LogP contribution in [0.3, 0.4) is 0 Å². The maximum absolute atomic E-state index is 12.1. The summed E-state index contributed by atoms with van der Waals surface area (Å²) in [6.45, 7) is -1.42. The third-order valence-corrected chi connectivity index (χ3v) is 2.99. The number of hydrogen-bond acceptors (Lipinski definition) is 4. The van der Waals surface area contributed by atoms with Gasteiger partial charge in [0.15, 0.2) is 6.61 Å². The van der Waals surface area contributed by atoms with E-state index in [2.05, 4.69) is 14.5 Å². The van der Waals surface area contributed by atoms with Crippen molar-refractivity contribution in [1.82, 2.24) is 4.98 Å². The van der Waals surface area contributed by atoms with Crippen molar-refractivity contribution < 1.29 is 27.4 Å². The molecule has 8 heteroatoms. The van der Waals surface area contributed by atoms with Gasteiger partial charge in [-0.1, -0.05) is 11.6 Å². The highest BCUT2D eigenvalue weighted by Gasteiger charge is 2.28. The van der Waals surface area contributed by atoms with Crippen LogP contribution in [-0.2, 0) is 4.74 Å². The lowest BCUT2D eigenvalue weighted by Gasteiger charge is -2.10. The summed E-state index contributed by atoms with van der Waals surface area (Å²) in [5.74, 6) is -0.707. The fourth-order valence-electron chi connectivity index (χ4n) is 1.65. The Kier molecular flexibility index (Phi) is 4.22. The van der Waals surface area contributed by atoms with Crippen molar-refractivity contribution in [2.75, 3.05) is 13.7 Å². The van der Waals surface area contributed by atoms with Gasteiger partial charge in [0.25, 0.3) is 0 Å². The van der Waals surface area contributed by atoms with E-state index in [4.69, 9.17) is 11.6 Å². The van der Waals surface area contributed by atoms with Crippen LogP contribution in [0.1, 0.15) is 10.4 Å². The van der Waals surface area contributed by atoms with Crippen LogP contribution in [0.4, 0.5) is 13.2 Å². The first-order valence-electron chi connectivity index (χ1n) is 5.68. The molecule has 0 spiro atoms. The predicted molar refractivity (Wildman–Crippen MR) is 69.6 cm³/mol. The van der Waals surface area contributed by atoms with Crippen LogP contribution in [0, 0.1) is 0 Å². The van der Waals surface area contributed by atoms with Crippen LogP contribution >= 0.6 is 11.6 Å². The number of methoxy groups -OCH3 is 1. The Morgan fingerprint density at radius 1 is 1.38 bits per heavy atom. The van der Waals surface area contributed by atoms with Gasteiger partial charge in [-0.15, -0.1) is 0 Å². The van der Waals surface area contributed by atoms with Crippen molar-refractivity contribution in [2.24, 2.45) is 0 Å². The molecule has 0 radical (unpaired) electrons. The molecule has 0 fully saturated rings. The number of fused-ring (bicyclic) bond motifs is 1. The van der Waals surface area contributed by atoms with Crippen molar-refractivity contribution in [3.8, 4) is 5.75 Å². The molecule has 112 valence electrons. The minimum atomic E-state index is -4.44. The first-order valence-corrected chi connectivity index (χ1v) is 6.06. The van der Waals surface area contributed by atoms with E-state index < -0.39 is 18.8 Å². The summed E-state index contributed by atoms with van der Waals surface area (Å²) in [5, 5.41) is 0.351. The molecule has 0 saturated carbocycles. The number of aromatic nitrogens is 1. The minimum Gasteiger partial charge on any atom is -0.484 e. The van der Waals surface area contributed by atoms with Gasteiger partial charge < -0.3 is 9.47 Å². The van der Waals surface area contributed by atoms with Gasteiger partial charge in [0.1, 0.15) is 5.75 Å². The molecule has 0 aliphatic carbocycles. The number of benzene rings is 1. The zero-order valence-electron chi connectivity index (χ0n) is 10.7. The fraction of sp³-hybridized carbons (Fsp3) is 0.231. The molecule has 0 bridgehead atoms. The number of alkyl halides is 3. The topological polar surface area (TPSA) is 48.4 Å². The molecule has 2 rings (SSSR count). The lowest BCUT2D eigenvalue weighted by Crippen LogP contribution is -2.19. The molecule has 1 aromatic carbocycles. The Morgan fingerprint density at radius 2 is 2.10 bits per heavy atom. The second-order valence-electron chi connectivity index (χ2n) is 4.06. The second-order valence-corrected chi connectivity index (χ2v) is 4.44. The Labute approximate surface area is 122 Å². The van der Waals surface area contributed by atoms with Gasteiger partial charge in [0.05, 0.1) is 23.2 Å². The predicted octanol–water partition coefficient (Wildman–Crippen LogP) is 3.62. The summed E-state index contributed by atoms with van der Waals surface area (Å²) in [4.78, 5) is 15.5. The number of carbonyl (C=O) groups is 1. The van der Waals surface area contributed by atoms with Crippen LogP contribution in [-0.4, -0.2) is 30.8 Å². The molecule has 2 aromatic rings. The molecule has 0 saturated heterocycles. The van der Waals surface area contributed by atoms with Crippen molar-refractivity contribution in [2.45, 2.75) is 6.18 Å². The van der Waals surface area contributed by atoms with Crippen LogP contribution in [0.15, 0.2) is 24.4 Å². The monoisotopic (exact) mass is 319 g/mol. The zero-order chi connectivity index (χ0) is 15.6. The molecule has 0 atom stereocenters. The minimum absolute atomic E-state index is 0.0226.